The molecule has 1 aliphatic rings. The molecule has 19 heavy (non-hydrogen) atoms. The minimum atomic E-state index is 0.231. The highest BCUT2D eigenvalue weighted by Crippen LogP contribution is 2.33. The summed E-state index contributed by atoms with van der Waals surface area (Å²) in [6, 6.07) is 4.22. The lowest BCUT2D eigenvalue weighted by molar-refractivity contribution is 0.232. The van der Waals surface area contributed by atoms with E-state index >= 15 is 0 Å². The van der Waals surface area contributed by atoms with Gasteiger partial charge in [-0.1, -0.05) is 38.7 Å². The van der Waals surface area contributed by atoms with Crippen LogP contribution in [0.5, 0.6) is 0 Å². The number of nitrogen functional groups attached to an aromatic ring is 1. The predicted octanol–water partition coefficient (Wildman–Crippen LogP) is 3.14. The summed E-state index contributed by atoms with van der Waals surface area (Å²) < 4.78 is 0. The quantitative estimate of drug-likeness (QED) is 0.855. The zero-order valence-electron chi connectivity index (χ0n) is 12.0. The van der Waals surface area contributed by atoms with Gasteiger partial charge in [-0.05, 0) is 42.7 Å². The second kappa shape index (κ2) is 6.90. The van der Waals surface area contributed by atoms with Crippen molar-refractivity contribution in [2.75, 3.05) is 5.73 Å². The molecule has 3 nitrogen and oxygen atoms in total. The molecule has 0 radical (unpaired) electrons. The lowest BCUT2D eigenvalue weighted by Crippen LogP contribution is -2.35. The number of nitrogens with two attached hydrogens (primary N) is 2. The lowest BCUT2D eigenvalue weighted by Gasteiger charge is -2.32. The van der Waals surface area contributed by atoms with Crippen molar-refractivity contribution in [3.05, 3.63) is 23.9 Å². The molecule has 0 saturated heterocycles. The number of aromatic nitrogens is 1. The molecular formula is C16H27N3. The highest BCUT2D eigenvalue weighted by molar-refractivity contribution is 5.38. The third-order valence-corrected chi connectivity index (χ3v) is 4.58. The molecule has 1 heterocycles. The summed E-state index contributed by atoms with van der Waals surface area (Å²) in [6.45, 7) is 2.28. The Morgan fingerprint density at radius 1 is 1.32 bits per heavy atom. The van der Waals surface area contributed by atoms with E-state index < -0.39 is 0 Å². The number of pyridine rings is 1. The molecule has 1 aromatic rings. The van der Waals surface area contributed by atoms with Crippen molar-refractivity contribution in [1.29, 1.82) is 0 Å². The second-order valence-corrected chi connectivity index (χ2v) is 5.99. The van der Waals surface area contributed by atoms with Gasteiger partial charge < -0.3 is 11.5 Å². The van der Waals surface area contributed by atoms with Crippen molar-refractivity contribution in [3.63, 3.8) is 0 Å². The third kappa shape index (κ3) is 3.93. The van der Waals surface area contributed by atoms with Gasteiger partial charge in [-0.15, -0.1) is 0 Å². The molecule has 2 rings (SSSR count). The summed E-state index contributed by atoms with van der Waals surface area (Å²) in [6.07, 6.45) is 10.6. The number of hydrogen-bond donors (Lipinski definition) is 2. The van der Waals surface area contributed by atoms with Crippen LogP contribution in [0.15, 0.2) is 18.3 Å². The zero-order chi connectivity index (χ0) is 13.7. The second-order valence-electron chi connectivity index (χ2n) is 5.99. The standard InChI is InChI=1S/C16H27N3/c1-2-4-12-6-8-13(9-7-12)15(17)11-14-5-3-10-19-16(14)18/h3,5,10,12-13,15H,2,4,6-9,11,17H2,1H3,(H2,18,19). The molecule has 106 valence electrons. The van der Waals surface area contributed by atoms with E-state index in [2.05, 4.69) is 11.9 Å². The minimum absolute atomic E-state index is 0.231. The molecule has 1 saturated carbocycles. The Bertz CT molecular complexity index is 383. The topological polar surface area (TPSA) is 64.9 Å². The summed E-state index contributed by atoms with van der Waals surface area (Å²) in [5.41, 5.74) is 13.4. The normalized spacial score (nSPS) is 25.2. The molecule has 0 amide bonds. The van der Waals surface area contributed by atoms with Crippen LogP contribution in [0.2, 0.25) is 0 Å². The summed E-state index contributed by atoms with van der Waals surface area (Å²) in [4.78, 5) is 4.14. The number of rotatable bonds is 5. The monoisotopic (exact) mass is 261 g/mol. The Morgan fingerprint density at radius 2 is 2.05 bits per heavy atom. The largest absolute Gasteiger partial charge is 0.383 e. The summed E-state index contributed by atoms with van der Waals surface area (Å²) in [5.74, 6) is 2.24. The van der Waals surface area contributed by atoms with E-state index in [-0.39, 0.29) is 6.04 Å². The van der Waals surface area contributed by atoms with Crippen molar-refractivity contribution in [2.24, 2.45) is 17.6 Å². The predicted molar refractivity (Wildman–Crippen MR) is 80.7 cm³/mol. The molecule has 0 aliphatic heterocycles. The molecule has 1 aliphatic carbocycles. The van der Waals surface area contributed by atoms with Crippen molar-refractivity contribution >= 4 is 5.82 Å². The van der Waals surface area contributed by atoms with Gasteiger partial charge in [0.1, 0.15) is 5.82 Å². The first-order valence-electron chi connectivity index (χ1n) is 7.65. The van der Waals surface area contributed by atoms with E-state index in [1.54, 1.807) is 6.20 Å². The first kappa shape index (κ1) is 14.3. The lowest BCUT2D eigenvalue weighted by atomic mass is 9.76. The van der Waals surface area contributed by atoms with Crippen LogP contribution in [0.3, 0.4) is 0 Å². The van der Waals surface area contributed by atoms with Crippen LogP contribution in [0.4, 0.5) is 5.82 Å². The molecule has 0 spiro atoms. The maximum absolute atomic E-state index is 6.39. The van der Waals surface area contributed by atoms with E-state index in [0.29, 0.717) is 11.7 Å². The van der Waals surface area contributed by atoms with E-state index in [0.717, 1.165) is 17.9 Å². The Kier molecular flexibility index (Phi) is 5.20. The Labute approximate surface area is 116 Å². The number of hydrogen-bond acceptors (Lipinski definition) is 3. The molecule has 4 N–H and O–H groups in total. The van der Waals surface area contributed by atoms with Crippen LogP contribution in [-0.2, 0) is 6.42 Å². The van der Waals surface area contributed by atoms with Crippen LogP contribution in [-0.4, -0.2) is 11.0 Å². The fraction of sp³-hybridized carbons (Fsp3) is 0.688. The van der Waals surface area contributed by atoms with E-state index in [1.807, 2.05) is 12.1 Å². The molecule has 1 aromatic heterocycles. The smallest absolute Gasteiger partial charge is 0.126 e. The maximum atomic E-state index is 6.39. The third-order valence-electron chi connectivity index (χ3n) is 4.58. The first-order valence-corrected chi connectivity index (χ1v) is 7.65. The molecule has 1 unspecified atom stereocenters. The average Bonchev–Trinajstić information content (AvgIpc) is 2.42. The van der Waals surface area contributed by atoms with Crippen LogP contribution >= 0.6 is 0 Å². The molecule has 1 fully saturated rings. The maximum Gasteiger partial charge on any atom is 0.126 e. The Balaban J connectivity index is 1.85. The molecular weight excluding hydrogens is 234 g/mol. The van der Waals surface area contributed by atoms with Gasteiger partial charge in [-0.25, -0.2) is 4.98 Å². The Morgan fingerprint density at radius 3 is 2.68 bits per heavy atom. The fourth-order valence-electron chi connectivity index (χ4n) is 3.36. The summed E-state index contributed by atoms with van der Waals surface area (Å²) in [7, 11) is 0. The highest BCUT2D eigenvalue weighted by Gasteiger charge is 2.25. The van der Waals surface area contributed by atoms with Gasteiger partial charge in [0.15, 0.2) is 0 Å². The van der Waals surface area contributed by atoms with Crippen LogP contribution in [0, 0.1) is 11.8 Å². The van der Waals surface area contributed by atoms with Crippen LogP contribution in [0.1, 0.15) is 51.0 Å². The van der Waals surface area contributed by atoms with Gasteiger partial charge in [-0.2, -0.15) is 0 Å². The first-order chi connectivity index (χ1) is 9.20. The van der Waals surface area contributed by atoms with Crippen molar-refractivity contribution in [2.45, 2.75) is 57.9 Å². The molecule has 0 bridgehead atoms. The number of nitrogens with zero attached hydrogens (tertiary/aromatic N) is 1. The highest BCUT2D eigenvalue weighted by atomic mass is 14.8. The minimum Gasteiger partial charge on any atom is -0.383 e. The average molecular weight is 261 g/mol. The van der Waals surface area contributed by atoms with E-state index in [4.69, 9.17) is 11.5 Å². The molecule has 0 aromatic carbocycles. The van der Waals surface area contributed by atoms with E-state index in [1.165, 1.54) is 38.5 Å². The van der Waals surface area contributed by atoms with E-state index in [9.17, 15) is 0 Å². The zero-order valence-corrected chi connectivity index (χ0v) is 12.0. The molecule has 1 atom stereocenters. The van der Waals surface area contributed by atoms with Gasteiger partial charge in [0.25, 0.3) is 0 Å². The van der Waals surface area contributed by atoms with Gasteiger partial charge in [0, 0.05) is 12.2 Å². The SMILES string of the molecule is CCCC1CCC(C(N)Cc2cccnc2N)CC1. The van der Waals surface area contributed by atoms with Crippen molar-refractivity contribution < 1.29 is 0 Å². The summed E-state index contributed by atoms with van der Waals surface area (Å²) in [5, 5.41) is 0. The van der Waals surface area contributed by atoms with Crippen LogP contribution < -0.4 is 11.5 Å². The number of anilines is 1. The Hall–Kier alpha value is -1.09. The van der Waals surface area contributed by atoms with Crippen LogP contribution in [0.25, 0.3) is 0 Å². The summed E-state index contributed by atoms with van der Waals surface area (Å²) >= 11 is 0. The molecule has 3 heteroatoms. The van der Waals surface area contributed by atoms with Gasteiger partial charge in [-0.3, -0.25) is 0 Å². The van der Waals surface area contributed by atoms with Crippen molar-refractivity contribution in [3.8, 4) is 0 Å². The van der Waals surface area contributed by atoms with Crippen molar-refractivity contribution in [1.82, 2.24) is 4.98 Å². The van der Waals surface area contributed by atoms with Gasteiger partial charge in [0.2, 0.25) is 0 Å². The van der Waals surface area contributed by atoms with Gasteiger partial charge >= 0.3 is 0 Å². The van der Waals surface area contributed by atoms with Gasteiger partial charge in [0.05, 0.1) is 0 Å². The fourth-order valence-corrected chi connectivity index (χ4v) is 3.36.